The second-order valence-corrected chi connectivity index (χ2v) is 5.93. The molecule has 112 valence electrons. The Balaban J connectivity index is 2.13. The van der Waals surface area contributed by atoms with Crippen LogP contribution >= 0.6 is 11.8 Å². The van der Waals surface area contributed by atoms with Crippen LogP contribution in [0.15, 0.2) is 30.3 Å². The van der Waals surface area contributed by atoms with Gasteiger partial charge in [-0.2, -0.15) is 0 Å². The largest absolute Gasteiger partial charge is 0.508 e. The third-order valence-corrected chi connectivity index (χ3v) is 4.75. The number of carboxylic acid groups (broad SMARTS) is 1. The van der Waals surface area contributed by atoms with E-state index in [1.807, 2.05) is 6.92 Å². The second-order valence-electron chi connectivity index (χ2n) is 4.72. The van der Waals surface area contributed by atoms with Crippen LogP contribution in [0.3, 0.4) is 0 Å². The van der Waals surface area contributed by atoms with Crippen molar-refractivity contribution in [2.24, 2.45) is 0 Å². The summed E-state index contributed by atoms with van der Waals surface area (Å²) in [6.45, 7) is 1.94. The van der Waals surface area contributed by atoms with E-state index in [0.29, 0.717) is 12.2 Å². The van der Waals surface area contributed by atoms with E-state index >= 15 is 0 Å². The highest BCUT2D eigenvalue weighted by molar-refractivity contribution is 8.00. The number of aromatic hydroxyl groups is 1. The highest BCUT2D eigenvalue weighted by atomic mass is 32.2. The van der Waals surface area contributed by atoms with Crippen molar-refractivity contribution in [2.45, 2.75) is 24.8 Å². The summed E-state index contributed by atoms with van der Waals surface area (Å²) in [5.74, 6) is -0.685. The summed E-state index contributed by atoms with van der Waals surface area (Å²) in [5.41, 5.74) is 0.771. The lowest BCUT2D eigenvalue weighted by Gasteiger charge is -2.25. The first-order valence-corrected chi connectivity index (χ1v) is 7.71. The highest BCUT2D eigenvalue weighted by Gasteiger charge is 2.39. The molecular weight excluding hydrogens is 290 g/mol. The Morgan fingerprint density at radius 1 is 1.38 bits per heavy atom. The van der Waals surface area contributed by atoms with Crippen molar-refractivity contribution in [2.75, 3.05) is 5.75 Å². The summed E-state index contributed by atoms with van der Waals surface area (Å²) in [6, 6.07) is 5.67. The van der Waals surface area contributed by atoms with Gasteiger partial charge in [-0.3, -0.25) is 4.79 Å². The Hall–Kier alpha value is -1.95. The lowest BCUT2D eigenvalue weighted by molar-refractivity contribution is -0.147. The number of hydrogen-bond acceptors (Lipinski definition) is 4. The topological polar surface area (TPSA) is 77.8 Å². The van der Waals surface area contributed by atoms with Crippen LogP contribution in [0.2, 0.25) is 0 Å². The first-order chi connectivity index (χ1) is 10.0. The zero-order valence-corrected chi connectivity index (χ0v) is 12.4. The molecule has 1 aliphatic rings. The maximum atomic E-state index is 12.3. The average molecular weight is 307 g/mol. The van der Waals surface area contributed by atoms with Crippen LogP contribution in [-0.4, -0.2) is 44.2 Å². The zero-order valence-electron chi connectivity index (χ0n) is 11.6. The zero-order chi connectivity index (χ0) is 15.4. The van der Waals surface area contributed by atoms with Gasteiger partial charge >= 0.3 is 5.97 Å². The molecule has 2 rings (SSSR count). The van der Waals surface area contributed by atoms with Gasteiger partial charge in [0, 0.05) is 11.8 Å². The molecule has 2 atom stereocenters. The Labute approximate surface area is 127 Å². The number of carboxylic acids is 1. The fourth-order valence-corrected chi connectivity index (χ4v) is 3.56. The SMILES string of the molecule is CCC1SCC(C(=O)O)N1C(=O)C=Cc1ccc(O)cc1. The molecule has 1 amide bonds. The second kappa shape index (κ2) is 6.67. The van der Waals surface area contributed by atoms with Crippen molar-refractivity contribution in [3.8, 4) is 5.75 Å². The van der Waals surface area contributed by atoms with E-state index in [1.54, 1.807) is 18.2 Å². The summed E-state index contributed by atoms with van der Waals surface area (Å²) in [5, 5.41) is 18.3. The Morgan fingerprint density at radius 2 is 2.05 bits per heavy atom. The molecule has 5 nitrogen and oxygen atoms in total. The summed E-state index contributed by atoms with van der Waals surface area (Å²) in [7, 11) is 0. The standard InChI is InChI=1S/C15H17NO4S/c1-2-14-16(12(9-21-14)15(19)20)13(18)8-5-10-3-6-11(17)7-4-10/h3-8,12,14,17H,2,9H2,1H3,(H,19,20). The van der Waals surface area contributed by atoms with Crippen LogP contribution < -0.4 is 0 Å². The minimum absolute atomic E-state index is 0.0944. The normalized spacial score (nSPS) is 21.9. The fourth-order valence-electron chi connectivity index (χ4n) is 2.20. The monoisotopic (exact) mass is 307 g/mol. The van der Waals surface area contributed by atoms with E-state index in [4.69, 9.17) is 0 Å². The molecular formula is C15H17NO4S. The molecule has 1 fully saturated rings. The van der Waals surface area contributed by atoms with Gasteiger partial charge in [-0.15, -0.1) is 11.8 Å². The predicted octanol–water partition coefficient (Wildman–Crippen LogP) is 2.17. The molecule has 2 unspecified atom stereocenters. The lowest BCUT2D eigenvalue weighted by atomic mass is 10.2. The maximum Gasteiger partial charge on any atom is 0.327 e. The van der Waals surface area contributed by atoms with Gasteiger partial charge in [-0.05, 0) is 30.2 Å². The van der Waals surface area contributed by atoms with Gasteiger partial charge in [0.2, 0.25) is 5.91 Å². The van der Waals surface area contributed by atoms with Crippen LogP contribution in [0.25, 0.3) is 6.08 Å². The summed E-state index contributed by atoms with van der Waals surface area (Å²) < 4.78 is 0. The molecule has 1 saturated heterocycles. The number of phenolic OH excluding ortho intramolecular Hbond substituents is 1. The van der Waals surface area contributed by atoms with Crippen LogP contribution in [0.5, 0.6) is 5.75 Å². The number of amides is 1. The molecule has 0 aromatic heterocycles. The van der Waals surface area contributed by atoms with Gasteiger partial charge in [0.25, 0.3) is 0 Å². The Morgan fingerprint density at radius 3 is 2.62 bits per heavy atom. The van der Waals surface area contributed by atoms with Crippen molar-refractivity contribution >= 4 is 29.7 Å². The molecule has 1 aliphatic heterocycles. The van der Waals surface area contributed by atoms with E-state index < -0.39 is 12.0 Å². The lowest BCUT2D eigenvalue weighted by Crippen LogP contribution is -2.44. The molecule has 2 N–H and O–H groups in total. The first kappa shape index (κ1) is 15.4. The summed E-state index contributed by atoms with van der Waals surface area (Å²) >= 11 is 1.50. The van der Waals surface area contributed by atoms with E-state index in [2.05, 4.69) is 0 Å². The van der Waals surface area contributed by atoms with E-state index in [0.717, 1.165) is 5.56 Å². The molecule has 1 aromatic carbocycles. The number of carbonyl (C=O) groups excluding carboxylic acids is 1. The minimum Gasteiger partial charge on any atom is -0.508 e. The Bertz CT molecular complexity index is 555. The van der Waals surface area contributed by atoms with Crippen LogP contribution in [0.1, 0.15) is 18.9 Å². The van der Waals surface area contributed by atoms with Crippen molar-refractivity contribution in [1.82, 2.24) is 4.90 Å². The summed E-state index contributed by atoms with van der Waals surface area (Å²) in [4.78, 5) is 24.9. The number of rotatable bonds is 4. The average Bonchev–Trinajstić information content (AvgIpc) is 2.90. The van der Waals surface area contributed by atoms with E-state index in [9.17, 15) is 19.8 Å². The van der Waals surface area contributed by atoms with Crippen molar-refractivity contribution in [1.29, 1.82) is 0 Å². The molecule has 6 heteroatoms. The first-order valence-electron chi connectivity index (χ1n) is 6.66. The van der Waals surface area contributed by atoms with E-state index in [1.165, 1.54) is 34.9 Å². The van der Waals surface area contributed by atoms with Crippen LogP contribution in [0, 0.1) is 0 Å². The van der Waals surface area contributed by atoms with Gasteiger partial charge in [0.05, 0.1) is 5.37 Å². The molecule has 0 aliphatic carbocycles. The van der Waals surface area contributed by atoms with Gasteiger partial charge < -0.3 is 15.1 Å². The molecule has 1 heterocycles. The number of phenols is 1. The van der Waals surface area contributed by atoms with Crippen molar-refractivity contribution < 1.29 is 19.8 Å². The molecule has 1 aromatic rings. The highest BCUT2D eigenvalue weighted by Crippen LogP contribution is 2.31. The van der Waals surface area contributed by atoms with Gasteiger partial charge in [0.15, 0.2) is 0 Å². The Kier molecular flexibility index (Phi) is 4.90. The van der Waals surface area contributed by atoms with Crippen LogP contribution in [0.4, 0.5) is 0 Å². The third kappa shape index (κ3) is 3.58. The smallest absolute Gasteiger partial charge is 0.327 e. The predicted molar refractivity (Wildman–Crippen MR) is 81.9 cm³/mol. The fraction of sp³-hybridized carbons (Fsp3) is 0.333. The van der Waals surface area contributed by atoms with Crippen LogP contribution in [-0.2, 0) is 9.59 Å². The minimum atomic E-state index is -0.968. The molecule has 0 radical (unpaired) electrons. The molecule has 0 spiro atoms. The van der Waals surface area contributed by atoms with Gasteiger partial charge in [-0.1, -0.05) is 19.1 Å². The number of nitrogens with zero attached hydrogens (tertiary/aromatic N) is 1. The quantitative estimate of drug-likeness (QED) is 0.834. The van der Waals surface area contributed by atoms with Crippen molar-refractivity contribution in [3.63, 3.8) is 0 Å². The maximum absolute atomic E-state index is 12.3. The number of aliphatic carboxylic acids is 1. The molecule has 21 heavy (non-hydrogen) atoms. The van der Waals surface area contributed by atoms with Gasteiger partial charge in [0.1, 0.15) is 11.8 Å². The number of benzene rings is 1. The molecule has 0 saturated carbocycles. The molecule has 0 bridgehead atoms. The summed E-state index contributed by atoms with van der Waals surface area (Å²) in [6.07, 6.45) is 3.72. The number of thioether (sulfide) groups is 1. The third-order valence-electron chi connectivity index (χ3n) is 3.29. The van der Waals surface area contributed by atoms with E-state index in [-0.39, 0.29) is 17.0 Å². The van der Waals surface area contributed by atoms with Gasteiger partial charge in [-0.25, -0.2) is 4.79 Å². The van der Waals surface area contributed by atoms with Crippen molar-refractivity contribution in [3.05, 3.63) is 35.9 Å². The number of carbonyl (C=O) groups is 2. The number of hydrogen-bond donors (Lipinski definition) is 2.